The smallest absolute Gasteiger partial charge is 0.281 e. The number of amides is 1. The molecule has 1 aliphatic heterocycles. The van der Waals surface area contributed by atoms with Crippen LogP contribution in [0.4, 0.5) is 5.69 Å². The van der Waals surface area contributed by atoms with Crippen molar-refractivity contribution in [2.75, 3.05) is 4.90 Å². The Balaban J connectivity index is 1.96. The number of hydrogen-bond donors (Lipinski definition) is 1. The van der Waals surface area contributed by atoms with Crippen LogP contribution in [0.2, 0.25) is 0 Å². The number of nitrogens with zero attached hydrogens (tertiary/aromatic N) is 3. The molecule has 1 aromatic heterocycles. The quantitative estimate of drug-likeness (QED) is 0.696. The van der Waals surface area contributed by atoms with Gasteiger partial charge in [0.2, 0.25) is 0 Å². The van der Waals surface area contributed by atoms with Crippen LogP contribution in [0.1, 0.15) is 23.7 Å². The normalized spacial score (nSPS) is 16.3. The summed E-state index contributed by atoms with van der Waals surface area (Å²) >= 11 is 5.35. The third kappa shape index (κ3) is 2.77. The Hall–Kier alpha value is -2.47. The third-order valence-electron chi connectivity index (χ3n) is 3.84. The molecule has 1 fully saturated rings. The summed E-state index contributed by atoms with van der Waals surface area (Å²) in [6.45, 7) is 6.70. The van der Waals surface area contributed by atoms with E-state index in [0.29, 0.717) is 10.8 Å². The van der Waals surface area contributed by atoms with Gasteiger partial charge in [0, 0.05) is 18.3 Å². The van der Waals surface area contributed by atoms with Crippen LogP contribution in [0, 0.1) is 13.8 Å². The lowest BCUT2D eigenvalue weighted by atomic mass is 10.2. The Kier molecular flexibility index (Phi) is 4.00. The predicted octanol–water partition coefficient (Wildman–Crippen LogP) is 2.78. The first-order valence-corrected chi connectivity index (χ1v) is 7.89. The molecule has 23 heavy (non-hydrogen) atoms. The highest BCUT2D eigenvalue weighted by Gasteiger charge is 2.32. The zero-order valence-electron chi connectivity index (χ0n) is 13.3. The zero-order chi connectivity index (χ0) is 16.6. The highest BCUT2D eigenvalue weighted by molar-refractivity contribution is 7.80. The van der Waals surface area contributed by atoms with Gasteiger partial charge in [-0.15, -0.1) is 0 Å². The van der Waals surface area contributed by atoms with Gasteiger partial charge in [-0.3, -0.25) is 14.4 Å². The van der Waals surface area contributed by atoms with Gasteiger partial charge >= 0.3 is 0 Å². The molecular weight excluding hydrogens is 308 g/mol. The molecule has 2 aromatic rings. The Morgan fingerprint density at radius 2 is 2.04 bits per heavy atom. The number of aromatic nitrogens is 2. The largest absolute Gasteiger partial charge is 0.327 e. The van der Waals surface area contributed by atoms with Crippen molar-refractivity contribution in [2.45, 2.75) is 27.3 Å². The van der Waals surface area contributed by atoms with Crippen LogP contribution in [0.5, 0.6) is 0 Å². The molecule has 6 heteroatoms. The summed E-state index contributed by atoms with van der Waals surface area (Å²) in [7, 11) is 0. The van der Waals surface area contributed by atoms with E-state index in [1.165, 1.54) is 4.90 Å². The molecule has 2 heterocycles. The van der Waals surface area contributed by atoms with Crippen molar-refractivity contribution in [3.05, 3.63) is 53.0 Å². The van der Waals surface area contributed by atoms with E-state index in [2.05, 4.69) is 10.4 Å². The van der Waals surface area contributed by atoms with Crippen LogP contribution in [0.15, 0.2) is 36.2 Å². The van der Waals surface area contributed by atoms with Gasteiger partial charge in [0.1, 0.15) is 5.70 Å². The second-order valence-electron chi connectivity index (χ2n) is 5.44. The number of para-hydroxylation sites is 1. The lowest BCUT2D eigenvalue weighted by molar-refractivity contribution is -0.113. The van der Waals surface area contributed by atoms with E-state index < -0.39 is 0 Å². The van der Waals surface area contributed by atoms with E-state index in [1.54, 1.807) is 6.08 Å². The number of thiocarbonyl (C=S) groups is 1. The molecule has 3 rings (SSSR count). The first-order valence-electron chi connectivity index (χ1n) is 7.48. The summed E-state index contributed by atoms with van der Waals surface area (Å²) in [6.07, 6.45) is 3.73. The minimum Gasteiger partial charge on any atom is -0.327 e. The number of benzene rings is 1. The van der Waals surface area contributed by atoms with Crippen LogP contribution in [0.3, 0.4) is 0 Å². The fraction of sp³-hybridized carbons (Fsp3) is 0.235. The number of hydrogen-bond acceptors (Lipinski definition) is 3. The van der Waals surface area contributed by atoms with Gasteiger partial charge in [0.15, 0.2) is 5.11 Å². The molecule has 118 valence electrons. The van der Waals surface area contributed by atoms with Gasteiger partial charge < -0.3 is 5.32 Å². The van der Waals surface area contributed by atoms with E-state index in [4.69, 9.17) is 12.2 Å². The second-order valence-corrected chi connectivity index (χ2v) is 5.83. The summed E-state index contributed by atoms with van der Waals surface area (Å²) in [6, 6.07) is 7.69. The van der Waals surface area contributed by atoms with Crippen LogP contribution in [-0.4, -0.2) is 20.8 Å². The maximum absolute atomic E-state index is 12.7. The molecule has 0 atom stereocenters. The number of aryl methyl sites for hydroxylation is 3. The van der Waals surface area contributed by atoms with E-state index in [1.807, 2.05) is 55.9 Å². The first kappa shape index (κ1) is 15.4. The third-order valence-corrected chi connectivity index (χ3v) is 4.13. The van der Waals surface area contributed by atoms with Crippen LogP contribution in [-0.2, 0) is 11.3 Å². The lowest BCUT2D eigenvalue weighted by Crippen LogP contribution is -2.30. The number of anilines is 1. The highest BCUT2D eigenvalue weighted by Crippen LogP contribution is 2.25. The molecule has 1 N–H and O–H groups in total. The van der Waals surface area contributed by atoms with Crippen molar-refractivity contribution in [3.8, 4) is 0 Å². The van der Waals surface area contributed by atoms with Crippen LogP contribution < -0.4 is 10.2 Å². The topological polar surface area (TPSA) is 50.2 Å². The van der Waals surface area contributed by atoms with E-state index in [-0.39, 0.29) is 5.91 Å². The van der Waals surface area contributed by atoms with Crippen LogP contribution in [0.25, 0.3) is 6.08 Å². The molecular formula is C17H18N4OS. The minimum atomic E-state index is -0.145. The molecule has 0 radical (unpaired) electrons. The average Bonchev–Trinajstić information content (AvgIpc) is 3.01. The first-order chi connectivity index (χ1) is 11.0. The molecule has 0 bridgehead atoms. The standard InChI is InChI=1S/C17H18N4OS/c1-4-20-10-13(12(3)19-20)9-14-16(22)21(17(23)18-14)15-8-6-5-7-11(15)2/h5-10H,4H2,1-3H3,(H,18,23)/b14-9+. The predicted molar refractivity (Wildman–Crippen MR) is 95.0 cm³/mol. The zero-order valence-corrected chi connectivity index (χ0v) is 14.1. The number of carbonyl (C=O) groups excluding carboxylic acids is 1. The maximum Gasteiger partial charge on any atom is 0.281 e. The monoisotopic (exact) mass is 326 g/mol. The minimum absolute atomic E-state index is 0.145. The summed E-state index contributed by atoms with van der Waals surface area (Å²) in [4.78, 5) is 14.3. The van der Waals surface area contributed by atoms with Crippen molar-refractivity contribution in [1.29, 1.82) is 0 Å². The Labute approximate surface area is 140 Å². The molecule has 1 aliphatic rings. The van der Waals surface area contributed by atoms with Gasteiger partial charge in [-0.1, -0.05) is 18.2 Å². The fourth-order valence-corrected chi connectivity index (χ4v) is 2.85. The summed E-state index contributed by atoms with van der Waals surface area (Å²) in [5.41, 5.74) is 4.07. The fourth-order valence-electron chi connectivity index (χ4n) is 2.56. The van der Waals surface area contributed by atoms with E-state index in [9.17, 15) is 4.79 Å². The highest BCUT2D eigenvalue weighted by atomic mass is 32.1. The van der Waals surface area contributed by atoms with E-state index >= 15 is 0 Å². The van der Waals surface area contributed by atoms with Crippen molar-refractivity contribution in [1.82, 2.24) is 15.1 Å². The Morgan fingerprint density at radius 3 is 2.70 bits per heavy atom. The molecule has 0 aliphatic carbocycles. The Bertz CT molecular complexity index is 822. The van der Waals surface area contributed by atoms with Crippen LogP contribution >= 0.6 is 12.2 Å². The van der Waals surface area contributed by atoms with Gasteiger partial charge in [-0.25, -0.2) is 0 Å². The molecule has 1 saturated heterocycles. The summed E-state index contributed by atoms with van der Waals surface area (Å²) < 4.78 is 1.85. The molecule has 1 amide bonds. The number of carbonyl (C=O) groups is 1. The Morgan fingerprint density at radius 1 is 1.30 bits per heavy atom. The molecule has 0 unspecified atom stereocenters. The van der Waals surface area contributed by atoms with Gasteiger partial charge in [-0.05, 0) is 50.7 Å². The van der Waals surface area contributed by atoms with Crippen molar-refractivity contribution < 1.29 is 4.79 Å². The second kappa shape index (κ2) is 5.96. The van der Waals surface area contributed by atoms with E-state index in [0.717, 1.165) is 29.1 Å². The number of rotatable bonds is 3. The summed E-state index contributed by atoms with van der Waals surface area (Å²) in [5.74, 6) is -0.145. The lowest BCUT2D eigenvalue weighted by Gasteiger charge is -2.16. The SMILES string of the molecule is CCn1cc(/C=C2/NC(=S)N(c3ccccc3C)C2=O)c(C)n1. The van der Waals surface area contributed by atoms with Crippen molar-refractivity contribution in [3.63, 3.8) is 0 Å². The van der Waals surface area contributed by atoms with Gasteiger partial charge in [0.25, 0.3) is 5.91 Å². The summed E-state index contributed by atoms with van der Waals surface area (Å²) in [5, 5.41) is 7.81. The molecule has 5 nitrogen and oxygen atoms in total. The van der Waals surface area contributed by atoms with Crippen molar-refractivity contribution in [2.24, 2.45) is 0 Å². The van der Waals surface area contributed by atoms with Gasteiger partial charge in [0.05, 0.1) is 11.4 Å². The number of nitrogens with one attached hydrogen (secondary N) is 1. The maximum atomic E-state index is 12.7. The molecule has 1 aromatic carbocycles. The van der Waals surface area contributed by atoms with Crippen molar-refractivity contribution >= 4 is 35.0 Å². The average molecular weight is 326 g/mol. The molecule has 0 saturated carbocycles. The van der Waals surface area contributed by atoms with Gasteiger partial charge in [-0.2, -0.15) is 5.10 Å². The molecule has 0 spiro atoms.